The highest BCUT2D eigenvalue weighted by Crippen LogP contribution is 2.32. The number of aromatic nitrogens is 1. The smallest absolute Gasteiger partial charge is 0.280 e. The second kappa shape index (κ2) is 12.6. The first kappa shape index (κ1) is 29.1. The third-order valence-electron chi connectivity index (χ3n) is 6.54. The van der Waals surface area contributed by atoms with Gasteiger partial charge in [-0.05, 0) is 67.4 Å². The van der Waals surface area contributed by atoms with E-state index in [4.69, 9.17) is 4.74 Å². The zero-order chi connectivity index (χ0) is 29.7. The predicted molar refractivity (Wildman–Crippen MR) is 168 cm³/mol. The first-order valence-electron chi connectivity index (χ1n) is 13.3. The lowest BCUT2D eigenvalue weighted by molar-refractivity contribution is 0.0987. The molecule has 0 radical (unpaired) electrons. The number of hydrogen-bond donors (Lipinski definition) is 0. The van der Waals surface area contributed by atoms with Crippen LogP contribution in [0.2, 0.25) is 0 Å². The molecule has 0 saturated carbocycles. The summed E-state index contributed by atoms with van der Waals surface area (Å²) in [5.41, 5.74) is 2.68. The fourth-order valence-electron chi connectivity index (χ4n) is 4.30. The highest BCUT2D eigenvalue weighted by Gasteiger charge is 2.28. The van der Waals surface area contributed by atoms with Gasteiger partial charge in [-0.15, -0.1) is 0 Å². The number of benzene rings is 4. The van der Waals surface area contributed by atoms with Gasteiger partial charge in [0.2, 0.25) is 15.2 Å². The highest BCUT2D eigenvalue weighted by atomic mass is 32.2. The van der Waals surface area contributed by atoms with Gasteiger partial charge in [-0.25, -0.2) is 13.4 Å². The monoisotopic (exact) mass is 598 g/mol. The van der Waals surface area contributed by atoms with E-state index in [2.05, 4.69) is 10.1 Å². The van der Waals surface area contributed by atoms with Crippen molar-refractivity contribution >= 4 is 48.8 Å². The predicted octanol–water partition coefficient (Wildman–Crippen LogP) is 6.59. The Bertz CT molecular complexity index is 1800. The van der Waals surface area contributed by atoms with Crippen molar-refractivity contribution in [2.45, 2.75) is 31.3 Å². The van der Waals surface area contributed by atoms with Gasteiger partial charge >= 0.3 is 0 Å². The summed E-state index contributed by atoms with van der Waals surface area (Å²) in [7, 11) is -2.23. The largest absolute Gasteiger partial charge is 0.497 e. The molecule has 8 nitrogen and oxygen atoms in total. The van der Waals surface area contributed by atoms with Crippen LogP contribution in [0.4, 0.5) is 5.13 Å². The Morgan fingerprint density at radius 2 is 1.62 bits per heavy atom. The van der Waals surface area contributed by atoms with E-state index in [1.807, 2.05) is 92.7 Å². The van der Waals surface area contributed by atoms with Gasteiger partial charge in [0.15, 0.2) is 0 Å². The van der Waals surface area contributed by atoms with Crippen molar-refractivity contribution in [2.75, 3.05) is 12.1 Å². The molecule has 0 bridgehead atoms. The molecule has 0 spiro atoms. The van der Waals surface area contributed by atoms with Gasteiger partial charge in [-0.2, -0.15) is 14.4 Å². The number of carbonyl (C=O) groups excluding carboxylic acids is 1. The van der Waals surface area contributed by atoms with Crippen LogP contribution < -0.4 is 9.75 Å². The number of fused-ring (bicyclic) bond motifs is 1. The van der Waals surface area contributed by atoms with E-state index in [0.29, 0.717) is 16.4 Å². The van der Waals surface area contributed by atoms with Gasteiger partial charge in [-0.1, -0.05) is 72.0 Å². The second-order valence-corrected chi connectivity index (χ2v) is 12.7. The minimum Gasteiger partial charge on any atom is -0.497 e. The van der Waals surface area contributed by atoms with Gasteiger partial charge in [0.1, 0.15) is 5.75 Å². The Labute approximate surface area is 249 Å². The molecule has 214 valence electrons. The van der Waals surface area contributed by atoms with Crippen molar-refractivity contribution in [1.29, 1.82) is 0 Å². The molecule has 0 saturated heterocycles. The molecule has 5 aromatic rings. The minimum absolute atomic E-state index is 0.107. The van der Waals surface area contributed by atoms with Crippen molar-refractivity contribution in [3.8, 4) is 5.75 Å². The molecule has 0 N–H and O–H groups in total. The number of hydrogen-bond acceptors (Lipinski definition) is 7. The maximum absolute atomic E-state index is 13.8. The lowest BCUT2D eigenvalue weighted by Crippen LogP contribution is -2.36. The molecule has 5 rings (SSSR count). The zero-order valence-corrected chi connectivity index (χ0v) is 25.0. The number of hydrazone groups is 1. The number of rotatable bonds is 10. The van der Waals surface area contributed by atoms with Crippen LogP contribution in [0.15, 0.2) is 113 Å². The minimum atomic E-state index is -3.83. The Hall–Kier alpha value is -4.38. The average molecular weight is 599 g/mol. The number of nitrogens with zero attached hydrogens (tertiary/aromatic N) is 4. The number of amides is 1. The van der Waals surface area contributed by atoms with Crippen molar-refractivity contribution in [2.24, 2.45) is 5.10 Å². The Kier molecular flexibility index (Phi) is 8.77. The Morgan fingerprint density at radius 3 is 2.26 bits per heavy atom. The number of ether oxygens (including phenoxy) is 1. The van der Waals surface area contributed by atoms with E-state index in [-0.39, 0.29) is 23.0 Å². The fourth-order valence-corrected chi connectivity index (χ4v) is 6.87. The van der Waals surface area contributed by atoms with Crippen LogP contribution in [0, 0.1) is 0 Å². The summed E-state index contributed by atoms with van der Waals surface area (Å²) in [6.07, 6.45) is 1.59. The van der Waals surface area contributed by atoms with E-state index < -0.39 is 15.9 Å². The Balaban J connectivity index is 1.46. The lowest BCUT2D eigenvalue weighted by atomic mass is 10.2. The fraction of sp³-hybridized carbons (Fsp3) is 0.156. The number of carbonyl (C=O) groups is 1. The molecular weight excluding hydrogens is 569 g/mol. The van der Waals surface area contributed by atoms with Crippen molar-refractivity contribution in [3.63, 3.8) is 0 Å². The zero-order valence-electron chi connectivity index (χ0n) is 23.4. The SMILES string of the molecule is COc1ccc2nc(N(/N=C/c3ccccc3)C(=O)c3ccc(S(=O)(=O)N(Cc4ccccc4)C(C)C)cc3)sc2c1. The van der Waals surface area contributed by atoms with Crippen LogP contribution in [-0.2, 0) is 16.6 Å². The van der Waals surface area contributed by atoms with Crippen molar-refractivity contribution < 1.29 is 17.9 Å². The van der Waals surface area contributed by atoms with Crippen LogP contribution in [0.3, 0.4) is 0 Å². The van der Waals surface area contributed by atoms with E-state index in [9.17, 15) is 13.2 Å². The van der Waals surface area contributed by atoms with E-state index in [1.54, 1.807) is 13.3 Å². The van der Waals surface area contributed by atoms with Gasteiger partial charge in [0.25, 0.3) is 5.91 Å². The van der Waals surface area contributed by atoms with Crippen LogP contribution in [0.1, 0.15) is 35.3 Å². The van der Waals surface area contributed by atoms with Crippen LogP contribution in [-0.4, -0.2) is 43.0 Å². The number of sulfonamides is 1. The summed E-state index contributed by atoms with van der Waals surface area (Å²) in [6.45, 7) is 3.93. The van der Waals surface area contributed by atoms with E-state index in [0.717, 1.165) is 15.8 Å². The first-order valence-corrected chi connectivity index (χ1v) is 15.6. The lowest BCUT2D eigenvalue weighted by Gasteiger charge is -2.26. The molecule has 4 aromatic carbocycles. The average Bonchev–Trinajstić information content (AvgIpc) is 3.43. The summed E-state index contributed by atoms with van der Waals surface area (Å²) in [5.74, 6) is 0.241. The standard InChI is InChI=1S/C32H30N4O4S2/c1-23(2)35(22-25-12-8-5-9-13-25)42(38,39)28-17-14-26(15-18-28)31(37)36(33-21-24-10-6-4-7-11-24)32-34-29-19-16-27(40-3)20-30(29)41-32/h4-21,23H,22H2,1-3H3/b33-21+. The third kappa shape index (κ3) is 6.41. The van der Waals surface area contributed by atoms with Crippen LogP contribution in [0.25, 0.3) is 10.2 Å². The number of anilines is 1. The molecule has 1 aromatic heterocycles. The maximum atomic E-state index is 13.8. The van der Waals surface area contributed by atoms with Gasteiger partial charge in [0, 0.05) is 18.2 Å². The maximum Gasteiger partial charge on any atom is 0.280 e. The van der Waals surface area contributed by atoms with Gasteiger partial charge in [-0.3, -0.25) is 4.79 Å². The Morgan fingerprint density at radius 1 is 0.952 bits per heavy atom. The summed E-state index contributed by atoms with van der Waals surface area (Å²) in [5, 5.41) is 6.11. The first-order chi connectivity index (χ1) is 20.3. The molecule has 0 atom stereocenters. The van der Waals surface area contributed by atoms with Crippen LogP contribution >= 0.6 is 11.3 Å². The summed E-state index contributed by atoms with van der Waals surface area (Å²) in [4.78, 5) is 18.5. The molecule has 0 aliphatic carbocycles. The molecule has 1 heterocycles. The highest BCUT2D eigenvalue weighted by molar-refractivity contribution is 7.89. The van der Waals surface area contributed by atoms with Crippen molar-refractivity contribution in [3.05, 3.63) is 120 Å². The summed E-state index contributed by atoms with van der Waals surface area (Å²) < 4.78 is 34.9. The molecule has 0 aliphatic heterocycles. The topological polar surface area (TPSA) is 92.2 Å². The van der Waals surface area contributed by atoms with E-state index in [1.165, 1.54) is 44.9 Å². The molecule has 0 fully saturated rings. The molecule has 42 heavy (non-hydrogen) atoms. The van der Waals surface area contributed by atoms with Gasteiger partial charge < -0.3 is 4.74 Å². The normalized spacial score (nSPS) is 11.9. The van der Waals surface area contributed by atoms with Gasteiger partial charge in [0.05, 0.1) is 28.4 Å². The molecule has 0 unspecified atom stereocenters. The number of thiazole rings is 1. The molecule has 0 aliphatic rings. The molecule has 1 amide bonds. The molecule has 10 heteroatoms. The van der Waals surface area contributed by atoms with E-state index >= 15 is 0 Å². The summed E-state index contributed by atoms with van der Waals surface area (Å²) in [6, 6.07) is 30.1. The quantitative estimate of drug-likeness (QED) is 0.134. The molecular formula is C32H30N4O4S2. The number of methoxy groups -OCH3 is 1. The third-order valence-corrected chi connectivity index (χ3v) is 9.57. The summed E-state index contributed by atoms with van der Waals surface area (Å²) >= 11 is 1.31. The van der Waals surface area contributed by atoms with Crippen LogP contribution in [0.5, 0.6) is 5.75 Å². The second-order valence-electron chi connectivity index (χ2n) is 9.76. The van der Waals surface area contributed by atoms with Crippen molar-refractivity contribution in [1.82, 2.24) is 9.29 Å².